The molecular formula is C16H23NO. The van der Waals surface area contributed by atoms with E-state index in [2.05, 4.69) is 6.08 Å². The molecule has 1 aliphatic carbocycles. The molecular weight excluding hydrogens is 222 g/mol. The number of rotatable bonds is 5. The Morgan fingerprint density at radius 3 is 2.83 bits per heavy atom. The zero-order chi connectivity index (χ0) is 12.6. The molecule has 2 nitrogen and oxygen atoms in total. The van der Waals surface area contributed by atoms with Crippen molar-refractivity contribution in [2.45, 2.75) is 44.6 Å². The van der Waals surface area contributed by atoms with Crippen molar-refractivity contribution in [3.05, 3.63) is 42.0 Å². The van der Waals surface area contributed by atoms with Crippen LogP contribution >= 0.6 is 0 Å². The minimum atomic E-state index is 0.276. The predicted octanol–water partition coefficient (Wildman–Crippen LogP) is 3.67. The monoisotopic (exact) mass is 245 g/mol. The van der Waals surface area contributed by atoms with Crippen molar-refractivity contribution in [2.75, 3.05) is 6.61 Å². The van der Waals surface area contributed by atoms with Gasteiger partial charge in [-0.1, -0.05) is 36.3 Å². The van der Waals surface area contributed by atoms with Crippen LogP contribution in [0.15, 0.2) is 42.0 Å². The molecule has 0 heterocycles. The Balaban J connectivity index is 1.69. The highest BCUT2D eigenvalue weighted by Gasteiger charge is 2.08. The average Bonchev–Trinajstić information content (AvgIpc) is 2.60. The van der Waals surface area contributed by atoms with E-state index in [1.807, 2.05) is 30.3 Å². The molecule has 1 aromatic carbocycles. The second kappa shape index (κ2) is 7.22. The molecule has 1 aliphatic rings. The van der Waals surface area contributed by atoms with Crippen molar-refractivity contribution >= 4 is 0 Å². The van der Waals surface area contributed by atoms with Crippen molar-refractivity contribution < 1.29 is 4.74 Å². The van der Waals surface area contributed by atoms with Crippen LogP contribution in [0.25, 0.3) is 0 Å². The molecule has 0 aliphatic heterocycles. The summed E-state index contributed by atoms with van der Waals surface area (Å²) < 4.78 is 5.70. The highest BCUT2D eigenvalue weighted by Crippen LogP contribution is 2.20. The Morgan fingerprint density at radius 2 is 2.00 bits per heavy atom. The van der Waals surface area contributed by atoms with E-state index in [4.69, 9.17) is 10.5 Å². The smallest absolute Gasteiger partial charge is 0.119 e. The zero-order valence-electron chi connectivity index (χ0n) is 11.0. The summed E-state index contributed by atoms with van der Waals surface area (Å²) in [6.07, 6.45) is 9.40. The first-order valence-electron chi connectivity index (χ1n) is 6.97. The summed E-state index contributed by atoms with van der Waals surface area (Å²) in [7, 11) is 0. The maximum atomic E-state index is 6.01. The fourth-order valence-electron chi connectivity index (χ4n) is 2.42. The lowest BCUT2D eigenvalue weighted by molar-refractivity contribution is 0.310. The average molecular weight is 245 g/mol. The summed E-state index contributed by atoms with van der Waals surface area (Å²) in [6, 6.07) is 10.3. The van der Waals surface area contributed by atoms with E-state index < -0.39 is 0 Å². The van der Waals surface area contributed by atoms with Gasteiger partial charge in [0, 0.05) is 6.04 Å². The second-order valence-corrected chi connectivity index (χ2v) is 5.00. The summed E-state index contributed by atoms with van der Waals surface area (Å²) >= 11 is 0. The fourth-order valence-corrected chi connectivity index (χ4v) is 2.42. The van der Waals surface area contributed by atoms with Crippen LogP contribution < -0.4 is 10.5 Å². The third-order valence-electron chi connectivity index (χ3n) is 3.39. The summed E-state index contributed by atoms with van der Waals surface area (Å²) in [6.45, 7) is 0.788. The summed E-state index contributed by atoms with van der Waals surface area (Å²) in [5.74, 6) is 0.962. The van der Waals surface area contributed by atoms with Gasteiger partial charge < -0.3 is 10.5 Å². The van der Waals surface area contributed by atoms with Gasteiger partial charge in [-0.2, -0.15) is 0 Å². The number of allylic oxidation sites excluding steroid dienone is 1. The Bertz CT molecular complexity index is 372. The molecule has 0 bridgehead atoms. The lowest BCUT2D eigenvalue weighted by Crippen LogP contribution is -2.15. The van der Waals surface area contributed by atoms with Gasteiger partial charge in [0.2, 0.25) is 0 Å². The van der Waals surface area contributed by atoms with Gasteiger partial charge in [0.25, 0.3) is 0 Å². The molecule has 0 saturated heterocycles. The van der Waals surface area contributed by atoms with Gasteiger partial charge in [0.1, 0.15) is 5.75 Å². The largest absolute Gasteiger partial charge is 0.494 e. The molecule has 1 unspecified atom stereocenters. The van der Waals surface area contributed by atoms with Gasteiger partial charge in [-0.25, -0.2) is 0 Å². The van der Waals surface area contributed by atoms with E-state index in [0.717, 1.165) is 31.6 Å². The highest BCUT2D eigenvalue weighted by molar-refractivity contribution is 5.20. The first-order valence-corrected chi connectivity index (χ1v) is 6.97. The summed E-state index contributed by atoms with van der Waals surface area (Å²) in [4.78, 5) is 0. The van der Waals surface area contributed by atoms with Gasteiger partial charge in [0.15, 0.2) is 0 Å². The van der Waals surface area contributed by atoms with Gasteiger partial charge in [-0.3, -0.25) is 0 Å². The molecule has 0 saturated carbocycles. The molecule has 2 rings (SSSR count). The third-order valence-corrected chi connectivity index (χ3v) is 3.39. The molecule has 0 fully saturated rings. The van der Waals surface area contributed by atoms with E-state index in [1.54, 1.807) is 0 Å². The molecule has 0 aromatic heterocycles. The maximum Gasteiger partial charge on any atom is 0.119 e. The van der Waals surface area contributed by atoms with Crippen LogP contribution in [-0.4, -0.2) is 12.6 Å². The molecule has 2 N–H and O–H groups in total. The number of para-hydroxylation sites is 1. The topological polar surface area (TPSA) is 35.2 Å². The number of benzene rings is 1. The third kappa shape index (κ3) is 4.53. The quantitative estimate of drug-likeness (QED) is 0.634. The van der Waals surface area contributed by atoms with Gasteiger partial charge in [-0.15, -0.1) is 0 Å². The molecule has 0 spiro atoms. The lowest BCUT2D eigenvalue weighted by atomic mass is 10.1. The predicted molar refractivity (Wildman–Crippen MR) is 75.7 cm³/mol. The van der Waals surface area contributed by atoms with E-state index in [9.17, 15) is 0 Å². The highest BCUT2D eigenvalue weighted by atomic mass is 16.5. The standard InChI is InChI=1S/C16H23NO/c17-15-9-5-4-7-14(13-15)8-6-12-18-16-10-2-1-3-11-16/h1-3,10-11,13,15H,4-9,12,17H2. The Hall–Kier alpha value is -1.28. The van der Waals surface area contributed by atoms with Gasteiger partial charge in [0.05, 0.1) is 6.61 Å². The molecule has 0 amide bonds. The van der Waals surface area contributed by atoms with Crippen molar-refractivity contribution in [3.63, 3.8) is 0 Å². The zero-order valence-corrected chi connectivity index (χ0v) is 11.0. The summed E-state index contributed by atoms with van der Waals surface area (Å²) in [5, 5.41) is 0. The molecule has 1 aromatic rings. The normalized spacial score (nSPS) is 20.1. The van der Waals surface area contributed by atoms with Crippen LogP contribution in [0.2, 0.25) is 0 Å². The molecule has 2 heteroatoms. The number of hydrogen-bond acceptors (Lipinski definition) is 2. The SMILES string of the molecule is NC1C=C(CCCOc2ccccc2)CCCC1. The first-order chi connectivity index (χ1) is 8.84. The number of ether oxygens (including phenoxy) is 1. The van der Waals surface area contributed by atoms with Crippen molar-refractivity contribution in [1.82, 2.24) is 0 Å². The van der Waals surface area contributed by atoms with E-state index in [1.165, 1.54) is 24.8 Å². The molecule has 0 radical (unpaired) electrons. The number of nitrogens with two attached hydrogens (primary N) is 1. The van der Waals surface area contributed by atoms with Crippen LogP contribution in [0.5, 0.6) is 5.75 Å². The van der Waals surface area contributed by atoms with Crippen LogP contribution in [0.4, 0.5) is 0 Å². The summed E-state index contributed by atoms with van der Waals surface area (Å²) in [5.41, 5.74) is 7.54. The van der Waals surface area contributed by atoms with E-state index >= 15 is 0 Å². The number of hydrogen-bond donors (Lipinski definition) is 1. The van der Waals surface area contributed by atoms with Gasteiger partial charge >= 0.3 is 0 Å². The van der Waals surface area contributed by atoms with Crippen molar-refractivity contribution in [1.29, 1.82) is 0 Å². The minimum absolute atomic E-state index is 0.276. The second-order valence-electron chi connectivity index (χ2n) is 5.00. The van der Waals surface area contributed by atoms with Crippen LogP contribution in [0.1, 0.15) is 38.5 Å². The van der Waals surface area contributed by atoms with E-state index in [0.29, 0.717) is 0 Å². The lowest BCUT2D eigenvalue weighted by Gasteiger charge is -2.08. The van der Waals surface area contributed by atoms with Crippen LogP contribution in [-0.2, 0) is 0 Å². The van der Waals surface area contributed by atoms with Crippen LogP contribution in [0.3, 0.4) is 0 Å². The molecule has 98 valence electrons. The van der Waals surface area contributed by atoms with Gasteiger partial charge in [-0.05, 0) is 44.2 Å². The van der Waals surface area contributed by atoms with E-state index in [-0.39, 0.29) is 6.04 Å². The first kappa shape index (κ1) is 13.2. The fraction of sp³-hybridized carbons (Fsp3) is 0.500. The Morgan fingerprint density at radius 1 is 1.17 bits per heavy atom. The molecule has 18 heavy (non-hydrogen) atoms. The van der Waals surface area contributed by atoms with Crippen molar-refractivity contribution in [2.24, 2.45) is 5.73 Å². The Labute approximate surface area is 110 Å². The van der Waals surface area contributed by atoms with Crippen LogP contribution in [0, 0.1) is 0 Å². The Kier molecular flexibility index (Phi) is 5.28. The maximum absolute atomic E-state index is 6.01. The molecule has 1 atom stereocenters. The van der Waals surface area contributed by atoms with Crippen molar-refractivity contribution in [3.8, 4) is 5.75 Å². The minimum Gasteiger partial charge on any atom is -0.494 e.